The maximum Gasteiger partial charge on any atom is 0.245 e. The lowest BCUT2D eigenvalue weighted by molar-refractivity contribution is 0.271. The van der Waals surface area contributed by atoms with Crippen LogP contribution in [0.25, 0.3) is 0 Å². The lowest BCUT2D eigenvalue weighted by Gasteiger charge is -2.22. The van der Waals surface area contributed by atoms with E-state index in [1.165, 1.54) is 4.31 Å². The summed E-state index contributed by atoms with van der Waals surface area (Å²) >= 11 is 0. The standard InChI is InChI=1S/C13H22N2O3S/c1-3-14-12-8-5-6-9-13(12)19(17,18)15(4-2)10-7-11-16/h5-6,8-9,14,16H,3-4,7,10-11H2,1-2H3. The van der Waals surface area contributed by atoms with Gasteiger partial charge in [0, 0.05) is 26.2 Å². The van der Waals surface area contributed by atoms with Crippen LogP contribution in [0, 0.1) is 0 Å². The van der Waals surface area contributed by atoms with Gasteiger partial charge in [-0.15, -0.1) is 0 Å². The molecule has 1 rings (SSSR count). The summed E-state index contributed by atoms with van der Waals surface area (Å²) in [5.74, 6) is 0. The molecule has 1 aromatic carbocycles. The second-order valence-corrected chi connectivity index (χ2v) is 6.01. The Labute approximate surface area is 115 Å². The smallest absolute Gasteiger partial charge is 0.245 e. The minimum absolute atomic E-state index is 0.0130. The van der Waals surface area contributed by atoms with E-state index in [0.717, 1.165) is 0 Å². The van der Waals surface area contributed by atoms with Crippen molar-refractivity contribution in [2.45, 2.75) is 25.2 Å². The van der Waals surface area contributed by atoms with Crippen molar-refractivity contribution in [3.63, 3.8) is 0 Å². The van der Waals surface area contributed by atoms with E-state index in [0.29, 0.717) is 31.7 Å². The molecule has 0 amide bonds. The molecule has 1 aromatic rings. The molecule has 0 aliphatic heterocycles. The monoisotopic (exact) mass is 286 g/mol. The largest absolute Gasteiger partial charge is 0.396 e. The number of aliphatic hydroxyl groups excluding tert-OH is 1. The first kappa shape index (κ1) is 15.9. The van der Waals surface area contributed by atoms with Crippen molar-refractivity contribution in [3.8, 4) is 0 Å². The average Bonchev–Trinajstić information content (AvgIpc) is 2.40. The Balaban J connectivity index is 3.10. The van der Waals surface area contributed by atoms with Gasteiger partial charge >= 0.3 is 0 Å². The van der Waals surface area contributed by atoms with E-state index in [2.05, 4.69) is 5.32 Å². The van der Waals surface area contributed by atoms with E-state index in [-0.39, 0.29) is 11.5 Å². The summed E-state index contributed by atoms with van der Waals surface area (Å²) in [4.78, 5) is 0.289. The second kappa shape index (κ2) is 7.47. The third kappa shape index (κ3) is 3.92. The van der Waals surface area contributed by atoms with Crippen LogP contribution < -0.4 is 5.32 Å². The molecule has 0 aliphatic carbocycles. The fourth-order valence-electron chi connectivity index (χ4n) is 1.86. The molecule has 0 aromatic heterocycles. The molecule has 0 bridgehead atoms. The predicted octanol–water partition coefficient (Wildman–Crippen LogP) is 1.51. The number of hydrogen-bond donors (Lipinski definition) is 2. The molecule has 0 heterocycles. The van der Waals surface area contributed by atoms with Crippen molar-refractivity contribution in [2.75, 3.05) is 31.6 Å². The molecular formula is C13H22N2O3S. The van der Waals surface area contributed by atoms with Gasteiger partial charge in [-0.25, -0.2) is 8.42 Å². The van der Waals surface area contributed by atoms with Gasteiger partial charge in [0.15, 0.2) is 0 Å². The molecule has 2 N–H and O–H groups in total. The second-order valence-electron chi connectivity index (χ2n) is 4.10. The topological polar surface area (TPSA) is 69.6 Å². The van der Waals surface area contributed by atoms with Crippen molar-refractivity contribution < 1.29 is 13.5 Å². The summed E-state index contributed by atoms with van der Waals surface area (Å²) in [7, 11) is -3.52. The molecule has 0 aliphatic rings. The van der Waals surface area contributed by atoms with Gasteiger partial charge < -0.3 is 10.4 Å². The lowest BCUT2D eigenvalue weighted by atomic mass is 10.3. The first-order chi connectivity index (χ1) is 9.07. The average molecular weight is 286 g/mol. The zero-order valence-electron chi connectivity index (χ0n) is 11.5. The highest BCUT2D eigenvalue weighted by Gasteiger charge is 2.24. The summed E-state index contributed by atoms with van der Waals surface area (Å²) in [6.45, 7) is 5.09. The van der Waals surface area contributed by atoms with Crippen LogP contribution in [0.2, 0.25) is 0 Å². The van der Waals surface area contributed by atoms with Crippen molar-refractivity contribution in [2.24, 2.45) is 0 Å². The highest BCUT2D eigenvalue weighted by molar-refractivity contribution is 7.89. The Morgan fingerprint density at radius 3 is 2.53 bits per heavy atom. The highest BCUT2D eigenvalue weighted by atomic mass is 32.2. The number of para-hydroxylation sites is 1. The van der Waals surface area contributed by atoms with Crippen LogP contribution in [0.15, 0.2) is 29.2 Å². The predicted molar refractivity (Wildman–Crippen MR) is 76.7 cm³/mol. The van der Waals surface area contributed by atoms with Crippen molar-refractivity contribution in [1.29, 1.82) is 0 Å². The Kier molecular flexibility index (Phi) is 6.27. The molecule has 0 spiro atoms. The number of nitrogens with one attached hydrogen (secondary N) is 1. The molecule has 5 nitrogen and oxygen atoms in total. The number of sulfonamides is 1. The van der Waals surface area contributed by atoms with E-state index >= 15 is 0 Å². The van der Waals surface area contributed by atoms with Gasteiger partial charge in [0.1, 0.15) is 4.90 Å². The molecule has 0 atom stereocenters. The van der Waals surface area contributed by atoms with Crippen LogP contribution in [-0.2, 0) is 10.0 Å². The minimum atomic E-state index is -3.52. The van der Waals surface area contributed by atoms with Gasteiger partial charge in [-0.1, -0.05) is 19.1 Å². The van der Waals surface area contributed by atoms with Crippen LogP contribution in [0.1, 0.15) is 20.3 Å². The molecule has 0 saturated heterocycles. The Morgan fingerprint density at radius 2 is 1.95 bits per heavy atom. The van der Waals surface area contributed by atoms with Crippen LogP contribution in [0.5, 0.6) is 0 Å². The van der Waals surface area contributed by atoms with Crippen LogP contribution in [0.4, 0.5) is 5.69 Å². The summed E-state index contributed by atoms with van der Waals surface area (Å²) in [6.07, 6.45) is 0.441. The zero-order valence-corrected chi connectivity index (χ0v) is 12.3. The molecule has 6 heteroatoms. The molecule has 0 unspecified atom stereocenters. The van der Waals surface area contributed by atoms with Gasteiger partial charge in [-0.3, -0.25) is 0 Å². The van der Waals surface area contributed by atoms with Gasteiger partial charge in [0.2, 0.25) is 10.0 Å². The first-order valence-electron chi connectivity index (χ1n) is 6.51. The third-order valence-electron chi connectivity index (χ3n) is 2.79. The van der Waals surface area contributed by atoms with Crippen LogP contribution in [0.3, 0.4) is 0 Å². The van der Waals surface area contributed by atoms with Gasteiger partial charge in [0.05, 0.1) is 5.69 Å². The molecule has 19 heavy (non-hydrogen) atoms. The zero-order chi connectivity index (χ0) is 14.3. The van der Waals surface area contributed by atoms with Crippen molar-refractivity contribution in [3.05, 3.63) is 24.3 Å². The SMILES string of the molecule is CCNc1ccccc1S(=O)(=O)N(CC)CCCO. The van der Waals surface area contributed by atoms with E-state index in [9.17, 15) is 8.42 Å². The normalized spacial score (nSPS) is 11.8. The number of hydrogen-bond acceptors (Lipinski definition) is 4. The Bertz CT molecular complexity index is 488. The Morgan fingerprint density at radius 1 is 1.26 bits per heavy atom. The molecule has 0 fully saturated rings. The fraction of sp³-hybridized carbons (Fsp3) is 0.538. The Hall–Kier alpha value is -1.11. The van der Waals surface area contributed by atoms with Gasteiger partial charge in [0.25, 0.3) is 0 Å². The quantitative estimate of drug-likeness (QED) is 0.760. The number of anilines is 1. The van der Waals surface area contributed by atoms with Gasteiger partial charge in [-0.05, 0) is 25.5 Å². The van der Waals surface area contributed by atoms with Crippen molar-refractivity contribution >= 4 is 15.7 Å². The molecular weight excluding hydrogens is 264 g/mol. The summed E-state index contributed by atoms with van der Waals surface area (Å²) in [5, 5.41) is 11.9. The number of benzene rings is 1. The van der Waals surface area contributed by atoms with Crippen LogP contribution in [-0.4, -0.2) is 44.1 Å². The fourth-order valence-corrected chi connectivity index (χ4v) is 3.52. The van der Waals surface area contributed by atoms with Crippen molar-refractivity contribution in [1.82, 2.24) is 4.31 Å². The lowest BCUT2D eigenvalue weighted by Crippen LogP contribution is -2.32. The summed E-state index contributed by atoms with van der Waals surface area (Å²) in [5.41, 5.74) is 0.618. The minimum Gasteiger partial charge on any atom is -0.396 e. The maximum atomic E-state index is 12.6. The summed E-state index contributed by atoms with van der Waals surface area (Å²) < 4.78 is 26.5. The molecule has 0 radical (unpaired) electrons. The van der Waals surface area contributed by atoms with Gasteiger partial charge in [-0.2, -0.15) is 4.31 Å². The van der Waals surface area contributed by atoms with E-state index in [1.807, 2.05) is 6.92 Å². The summed E-state index contributed by atoms with van der Waals surface area (Å²) in [6, 6.07) is 6.89. The molecule has 108 valence electrons. The van der Waals surface area contributed by atoms with E-state index in [1.54, 1.807) is 31.2 Å². The van der Waals surface area contributed by atoms with Crippen LogP contribution >= 0.6 is 0 Å². The first-order valence-corrected chi connectivity index (χ1v) is 7.95. The number of nitrogens with zero attached hydrogens (tertiary/aromatic N) is 1. The number of rotatable bonds is 8. The van der Waals surface area contributed by atoms with E-state index < -0.39 is 10.0 Å². The third-order valence-corrected chi connectivity index (χ3v) is 4.82. The number of aliphatic hydroxyl groups is 1. The maximum absolute atomic E-state index is 12.6. The van der Waals surface area contributed by atoms with E-state index in [4.69, 9.17) is 5.11 Å². The highest BCUT2D eigenvalue weighted by Crippen LogP contribution is 2.24. The molecule has 0 saturated carbocycles.